The molecule has 0 bridgehead atoms. The minimum absolute atomic E-state index is 0.169. The summed E-state index contributed by atoms with van der Waals surface area (Å²) in [5, 5.41) is 6.41. The Morgan fingerprint density at radius 3 is 2.68 bits per heavy atom. The number of nitrogens with one attached hydrogen (secondary N) is 2. The van der Waals surface area contributed by atoms with E-state index in [1.54, 1.807) is 0 Å². The minimum atomic E-state index is 0.169. The van der Waals surface area contributed by atoms with Crippen LogP contribution in [-0.2, 0) is 4.79 Å². The third-order valence-corrected chi connectivity index (χ3v) is 3.78. The van der Waals surface area contributed by atoms with E-state index in [-0.39, 0.29) is 11.9 Å². The van der Waals surface area contributed by atoms with Gasteiger partial charge in [-0.3, -0.25) is 4.79 Å². The van der Waals surface area contributed by atoms with Crippen molar-refractivity contribution in [2.75, 3.05) is 6.54 Å². The van der Waals surface area contributed by atoms with Crippen LogP contribution in [0, 0.1) is 13.8 Å². The van der Waals surface area contributed by atoms with E-state index >= 15 is 0 Å². The molecule has 1 aromatic carbocycles. The van der Waals surface area contributed by atoms with Crippen LogP contribution in [0.3, 0.4) is 0 Å². The summed E-state index contributed by atoms with van der Waals surface area (Å²) in [5.41, 5.74) is 3.92. The van der Waals surface area contributed by atoms with Crippen molar-refractivity contribution in [3.8, 4) is 0 Å². The van der Waals surface area contributed by atoms with Gasteiger partial charge in [0.15, 0.2) is 0 Å². The summed E-state index contributed by atoms with van der Waals surface area (Å²) in [6.07, 6.45) is 2.86. The molecule has 0 spiro atoms. The molecule has 1 unspecified atom stereocenters. The molecule has 19 heavy (non-hydrogen) atoms. The Bertz CT molecular complexity index is 452. The lowest BCUT2D eigenvalue weighted by Crippen LogP contribution is -2.30. The van der Waals surface area contributed by atoms with E-state index in [1.807, 2.05) is 0 Å². The van der Waals surface area contributed by atoms with Crippen molar-refractivity contribution in [3.05, 3.63) is 34.9 Å². The van der Waals surface area contributed by atoms with Gasteiger partial charge in [0, 0.05) is 25.0 Å². The summed E-state index contributed by atoms with van der Waals surface area (Å²) in [6.45, 7) is 7.13. The maximum Gasteiger partial charge on any atom is 0.221 e. The Morgan fingerprint density at radius 1 is 1.32 bits per heavy atom. The minimum Gasteiger partial charge on any atom is -0.353 e. The van der Waals surface area contributed by atoms with Crippen LogP contribution in [0.15, 0.2) is 18.2 Å². The normalized spacial score (nSPS) is 16.2. The molecule has 1 aliphatic carbocycles. The number of hydrogen-bond acceptors (Lipinski definition) is 2. The van der Waals surface area contributed by atoms with Crippen LogP contribution in [0.1, 0.15) is 48.9 Å². The van der Waals surface area contributed by atoms with Gasteiger partial charge in [0.1, 0.15) is 0 Å². The zero-order valence-electron chi connectivity index (χ0n) is 12.1. The van der Waals surface area contributed by atoms with Crippen molar-refractivity contribution >= 4 is 5.91 Å². The summed E-state index contributed by atoms with van der Waals surface area (Å²) in [7, 11) is 0. The van der Waals surface area contributed by atoms with E-state index in [0.717, 1.165) is 19.4 Å². The molecule has 104 valence electrons. The van der Waals surface area contributed by atoms with Crippen LogP contribution in [0.25, 0.3) is 0 Å². The lowest BCUT2D eigenvalue weighted by Gasteiger charge is -2.15. The van der Waals surface area contributed by atoms with E-state index in [9.17, 15) is 4.79 Å². The maximum absolute atomic E-state index is 11.6. The number of benzene rings is 1. The van der Waals surface area contributed by atoms with Crippen LogP contribution in [0.2, 0.25) is 0 Å². The van der Waals surface area contributed by atoms with E-state index in [2.05, 4.69) is 49.6 Å². The van der Waals surface area contributed by atoms with E-state index in [0.29, 0.717) is 12.5 Å². The Balaban J connectivity index is 1.75. The number of hydrogen-bond donors (Lipinski definition) is 2. The molecule has 0 saturated heterocycles. The first-order valence-electron chi connectivity index (χ1n) is 7.16. The van der Waals surface area contributed by atoms with Crippen LogP contribution in [0.5, 0.6) is 0 Å². The molecule has 2 rings (SSSR count). The smallest absolute Gasteiger partial charge is 0.221 e. The number of aryl methyl sites for hydroxylation is 2. The molecule has 1 amide bonds. The Morgan fingerprint density at radius 2 is 2.05 bits per heavy atom. The third-order valence-electron chi connectivity index (χ3n) is 3.78. The molecule has 1 saturated carbocycles. The van der Waals surface area contributed by atoms with Gasteiger partial charge in [0.05, 0.1) is 0 Å². The molecule has 0 aromatic heterocycles. The lowest BCUT2D eigenvalue weighted by molar-refractivity contribution is -0.121. The number of amides is 1. The second kappa shape index (κ2) is 6.20. The average molecular weight is 260 g/mol. The molecular formula is C16H24N2O. The maximum atomic E-state index is 11.6. The fraction of sp³-hybridized carbons (Fsp3) is 0.562. The highest BCUT2D eigenvalue weighted by molar-refractivity contribution is 5.76. The highest BCUT2D eigenvalue weighted by atomic mass is 16.1. The molecule has 1 atom stereocenters. The molecule has 2 N–H and O–H groups in total. The van der Waals surface area contributed by atoms with Gasteiger partial charge in [-0.15, -0.1) is 0 Å². The zero-order chi connectivity index (χ0) is 13.8. The summed E-state index contributed by atoms with van der Waals surface area (Å²) in [5.74, 6) is 0.169. The van der Waals surface area contributed by atoms with Crippen LogP contribution < -0.4 is 10.6 Å². The summed E-state index contributed by atoms with van der Waals surface area (Å²) >= 11 is 0. The molecule has 1 aliphatic rings. The first-order valence-corrected chi connectivity index (χ1v) is 7.16. The van der Waals surface area contributed by atoms with Gasteiger partial charge in [-0.05, 0) is 50.3 Å². The second-order valence-corrected chi connectivity index (χ2v) is 5.61. The van der Waals surface area contributed by atoms with E-state index in [1.165, 1.54) is 16.7 Å². The first kappa shape index (κ1) is 14.1. The van der Waals surface area contributed by atoms with Gasteiger partial charge in [-0.25, -0.2) is 0 Å². The second-order valence-electron chi connectivity index (χ2n) is 5.61. The molecule has 0 radical (unpaired) electrons. The van der Waals surface area contributed by atoms with E-state index < -0.39 is 0 Å². The Kier molecular flexibility index (Phi) is 4.59. The van der Waals surface area contributed by atoms with E-state index in [4.69, 9.17) is 0 Å². The van der Waals surface area contributed by atoms with Crippen molar-refractivity contribution in [3.63, 3.8) is 0 Å². The zero-order valence-corrected chi connectivity index (χ0v) is 12.1. The third kappa shape index (κ3) is 4.35. The van der Waals surface area contributed by atoms with Crippen molar-refractivity contribution in [1.29, 1.82) is 0 Å². The lowest BCUT2D eigenvalue weighted by atomic mass is 10.0. The largest absolute Gasteiger partial charge is 0.353 e. The number of carbonyl (C=O) groups is 1. The van der Waals surface area contributed by atoms with Gasteiger partial charge < -0.3 is 10.6 Å². The van der Waals surface area contributed by atoms with Crippen molar-refractivity contribution < 1.29 is 4.79 Å². The van der Waals surface area contributed by atoms with Crippen LogP contribution in [-0.4, -0.2) is 18.5 Å². The van der Waals surface area contributed by atoms with Gasteiger partial charge in [-0.2, -0.15) is 0 Å². The van der Waals surface area contributed by atoms with Crippen molar-refractivity contribution in [2.24, 2.45) is 0 Å². The van der Waals surface area contributed by atoms with Crippen LogP contribution >= 0.6 is 0 Å². The molecular weight excluding hydrogens is 236 g/mol. The Labute approximate surface area is 115 Å². The van der Waals surface area contributed by atoms with Gasteiger partial charge >= 0.3 is 0 Å². The molecule has 3 heteroatoms. The number of carbonyl (C=O) groups excluding carboxylic acids is 1. The summed E-state index contributed by atoms with van der Waals surface area (Å²) in [6, 6.07) is 7.28. The predicted molar refractivity (Wildman–Crippen MR) is 78.1 cm³/mol. The molecule has 1 aromatic rings. The summed E-state index contributed by atoms with van der Waals surface area (Å²) in [4.78, 5) is 11.6. The summed E-state index contributed by atoms with van der Waals surface area (Å²) < 4.78 is 0. The standard InChI is InChI=1S/C16H24N2O/c1-11-4-5-14(10-12(11)2)13(3)17-9-8-16(19)18-15-6-7-15/h4-5,10,13,15,17H,6-9H2,1-3H3,(H,18,19). The highest BCUT2D eigenvalue weighted by Crippen LogP contribution is 2.19. The van der Waals surface area contributed by atoms with Crippen molar-refractivity contribution in [1.82, 2.24) is 10.6 Å². The van der Waals surface area contributed by atoms with Crippen molar-refractivity contribution in [2.45, 2.75) is 52.1 Å². The fourth-order valence-corrected chi connectivity index (χ4v) is 2.08. The molecule has 0 heterocycles. The highest BCUT2D eigenvalue weighted by Gasteiger charge is 2.22. The van der Waals surface area contributed by atoms with Crippen LogP contribution in [0.4, 0.5) is 0 Å². The monoisotopic (exact) mass is 260 g/mol. The van der Waals surface area contributed by atoms with Gasteiger partial charge in [0.2, 0.25) is 5.91 Å². The quantitative estimate of drug-likeness (QED) is 0.825. The topological polar surface area (TPSA) is 41.1 Å². The average Bonchev–Trinajstić information content (AvgIpc) is 3.16. The SMILES string of the molecule is Cc1ccc(C(C)NCCC(=O)NC2CC2)cc1C. The molecule has 1 fully saturated rings. The van der Waals surface area contributed by atoms with Gasteiger partial charge in [0.25, 0.3) is 0 Å². The molecule has 3 nitrogen and oxygen atoms in total. The molecule has 0 aliphatic heterocycles. The fourth-order valence-electron chi connectivity index (χ4n) is 2.08. The predicted octanol–water partition coefficient (Wildman–Crippen LogP) is 2.62. The first-order chi connectivity index (χ1) is 9.06. The number of rotatable bonds is 6. The Hall–Kier alpha value is -1.35. The van der Waals surface area contributed by atoms with Gasteiger partial charge in [-0.1, -0.05) is 18.2 Å².